The van der Waals surface area contributed by atoms with Crippen molar-refractivity contribution in [2.75, 3.05) is 7.11 Å². The summed E-state index contributed by atoms with van der Waals surface area (Å²) in [6.07, 6.45) is 2.17. The first-order valence-corrected chi connectivity index (χ1v) is 8.48. The van der Waals surface area contributed by atoms with E-state index in [1.807, 2.05) is 12.1 Å². The average molecular weight is 376 g/mol. The van der Waals surface area contributed by atoms with Crippen molar-refractivity contribution in [1.29, 1.82) is 0 Å². The van der Waals surface area contributed by atoms with Crippen LogP contribution in [0.4, 0.5) is 0 Å². The first-order valence-electron chi connectivity index (χ1n) is 8.48. The molecule has 0 aliphatic rings. The Morgan fingerprint density at radius 2 is 2.00 bits per heavy atom. The average Bonchev–Trinajstić information content (AvgIpc) is 3.11. The second-order valence-corrected chi connectivity index (χ2v) is 6.25. The fraction of sp³-hybridized carbons (Fsp3) is 0.0952. The van der Waals surface area contributed by atoms with E-state index in [1.54, 1.807) is 25.1 Å². The summed E-state index contributed by atoms with van der Waals surface area (Å²) in [4.78, 5) is 23.6. The first kappa shape index (κ1) is 17.5. The smallest absolute Gasteiger partial charge is 0.336 e. The summed E-state index contributed by atoms with van der Waals surface area (Å²) >= 11 is 0. The van der Waals surface area contributed by atoms with Crippen LogP contribution in [0.3, 0.4) is 0 Å². The highest BCUT2D eigenvalue weighted by atomic mass is 16.5. The van der Waals surface area contributed by atoms with Crippen LogP contribution in [0.25, 0.3) is 27.9 Å². The monoisotopic (exact) mass is 376 g/mol. The number of fused-ring (bicyclic) bond motifs is 1. The molecule has 28 heavy (non-hydrogen) atoms. The number of carbonyl (C=O) groups is 1. The van der Waals surface area contributed by atoms with Crippen molar-refractivity contribution in [3.63, 3.8) is 0 Å². The normalized spacial score (nSPS) is 10.9. The lowest BCUT2D eigenvalue weighted by atomic mass is 10.0. The fourth-order valence-electron chi connectivity index (χ4n) is 3.21. The number of methoxy groups -OCH3 is 1. The van der Waals surface area contributed by atoms with Gasteiger partial charge in [-0.15, -0.1) is 0 Å². The van der Waals surface area contributed by atoms with Crippen LogP contribution in [-0.2, 0) is 0 Å². The van der Waals surface area contributed by atoms with E-state index in [0.29, 0.717) is 28.7 Å². The Morgan fingerprint density at radius 1 is 1.21 bits per heavy atom. The van der Waals surface area contributed by atoms with Gasteiger partial charge in [0, 0.05) is 17.6 Å². The Morgan fingerprint density at radius 3 is 2.75 bits per heavy atom. The zero-order valence-electron chi connectivity index (χ0n) is 15.2. The first-order chi connectivity index (χ1) is 13.5. The molecule has 2 aromatic heterocycles. The van der Waals surface area contributed by atoms with Crippen molar-refractivity contribution in [2.24, 2.45) is 0 Å². The van der Waals surface area contributed by atoms with Crippen molar-refractivity contribution in [3.05, 3.63) is 70.2 Å². The molecule has 4 aromatic rings. The van der Waals surface area contributed by atoms with Crippen molar-refractivity contribution < 1.29 is 19.1 Å². The molecule has 2 aromatic carbocycles. The molecule has 0 radical (unpaired) electrons. The number of aromatic hydroxyl groups is 1. The molecule has 7 nitrogen and oxygen atoms in total. The zero-order valence-corrected chi connectivity index (χ0v) is 15.2. The van der Waals surface area contributed by atoms with Gasteiger partial charge in [0.05, 0.1) is 18.2 Å². The van der Waals surface area contributed by atoms with E-state index in [0.717, 1.165) is 0 Å². The molecule has 1 N–H and O–H groups in total. The minimum Gasteiger partial charge on any atom is -0.507 e. The van der Waals surface area contributed by atoms with Gasteiger partial charge in [0.15, 0.2) is 11.9 Å². The number of phenols is 1. The van der Waals surface area contributed by atoms with E-state index in [1.165, 1.54) is 30.1 Å². The number of para-hydroxylation sites is 2. The fourth-order valence-corrected chi connectivity index (χ4v) is 3.21. The van der Waals surface area contributed by atoms with Crippen molar-refractivity contribution in [2.45, 2.75) is 6.92 Å². The van der Waals surface area contributed by atoms with E-state index >= 15 is 0 Å². The van der Waals surface area contributed by atoms with Crippen molar-refractivity contribution in [3.8, 4) is 28.4 Å². The third-order valence-corrected chi connectivity index (χ3v) is 4.54. The summed E-state index contributed by atoms with van der Waals surface area (Å²) in [7, 11) is 1.54. The maximum absolute atomic E-state index is 11.9. The van der Waals surface area contributed by atoms with E-state index < -0.39 is 5.63 Å². The van der Waals surface area contributed by atoms with Gasteiger partial charge in [-0.25, -0.2) is 9.48 Å². The number of phenolic OH excluding ortho intramolecular Hbond substituents is 1. The molecule has 0 aliphatic heterocycles. The number of hydrogen-bond donors (Lipinski definition) is 1. The van der Waals surface area contributed by atoms with Gasteiger partial charge in [-0.2, -0.15) is 5.10 Å². The minimum atomic E-state index is -0.548. The number of ether oxygens (including phenoxy) is 1. The molecule has 0 amide bonds. The minimum absolute atomic E-state index is 0.144. The number of carbonyl (C=O) groups excluding carboxylic acids is 1. The Bertz CT molecular complexity index is 1270. The molecule has 0 atom stereocenters. The highest BCUT2D eigenvalue weighted by Crippen LogP contribution is 2.38. The zero-order chi connectivity index (χ0) is 19.8. The molecule has 7 heteroatoms. The number of nitrogens with zero attached hydrogens (tertiary/aromatic N) is 2. The van der Waals surface area contributed by atoms with Gasteiger partial charge in [0.1, 0.15) is 22.9 Å². The molecular formula is C21H16N2O5. The summed E-state index contributed by atoms with van der Waals surface area (Å²) in [5.41, 5.74) is 1.58. The number of rotatable bonds is 4. The molecule has 0 unspecified atom stereocenters. The molecule has 0 aliphatic carbocycles. The largest absolute Gasteiger partial charge is 0.507 e. The summed E-state index contributed by atoms with van der Waals surface area (Å²) in [5, 5.41) is 15.6. The topological polar surface area (TPSA) is 94.6 Å². The van der Waals surface area contributed by atoms with Crippen molar-refractivity contribution in [1.82, 2.24) is 9.78 Å². The van der Waals surface area contributed by atoms with Crippen LogP contribution in [0.2, 0.25) is 0 Å². The molecular weight excluding hydrogens is 360 g/mol. The van der Waals surface area contributed by atoms with Gasteiger partial charge in [-0.1, -0.05) is 12.1 Å². The van der Waals surface area contributed by atoms with Gasteiger partial charge in [0.2, 0.25) is 0 Å². The molecule has 0 fully saturated rings. The summed E-state index contributed by atoms with van der Waals surface area (Å²) in [5.74, 6) is 0.424. The van der Waals surface area contributed by atoms with Gasteiger partial charge < -0.3 is 14.3 Å². The predicted molar refractivity (Wildman–Crippen MR) is 103 cm³/mol. The van der Waals surface area contributed by atoms with Crippen LogP contribution in [0.1, 0.15) is 15.9 Å². The molecule has 2 heterocycles. The van der Waals surface area contributed by atoms with E-state index in [2.05, 4.69) is 5.10 Å². The summed E-state index contributed by atoms with van der Waals surface area (Å²) < 4.78 is 12.2. The van der Waals surface area contributed by atoms with Crippen LogP contribution in [-0.4, -0.2) is 28.3 Å². The molecule has 140 valence electrons. The maximum Gasteiger partial charge on any atom is 0.336 e. The predicted octanol–water partition coefficient (Wildman–Crippen LogP) is 3.48. The maximum atomic E-state index is 11.9. The second-order valence-electron chi connectivity index (χ2n) is 6.25. The summed E-state index contributed by atoms with van der Waals surface area (Å²) in [6.45, 7) is 1.77. The lowest BCUT2D eigenvalue weighted by Crippen LogP contribution is -2.00. The molecule has 4 rings (SSSR count). The highest BCUT2D eigenvalue weighted by Gasteiger charge is 2.21. The van der Waals surface area contributed by atoms with Crippen molar-refractivity contribution >= 4 is 17.3 Å². The van der Waals surface area contributed by atoms with Crippen LogP contribution in [0.15, 0.2) is 57.9 Å². The number of aryl methyl sites for hydroxylation is 1. The third kappa shape index (κ3) is 2.73. The van der Waals surface area contributed by atoms with E-state index in [4.69, 9.17) is 9.15 Å². The second kappa shape index (κ2) is 6.70. The van der Waals surface area contributed by atoms with Gasteiger partial charge >= 0.3 is 5.63 Å². The number of aromatic nitrogens is 2. The Labute approximate surface area is 159 Å². The number of hydrogen-bond acceptors (Lipinski definition) is 6. The van der Waals surface area contributed by atoms with Gasteiger partial charge in [0.25, 0.3) is 0 Å². The lowest BCUT2D eigenvalue weighted by Gasteiger charge is -2.09. The SMILES string of the molecule is COc1ccccc1-n1cc(C=O)c(-c2c(O)ccc3c(C)cc(=O)oc23)n1. The quantitative estimate of drug-likeness (QED) is 0.433. The molecule has 0 spiro atoms. The molecule has 0 bridgehead atoms. The van der Waals surface area contributed by atoms with Gasteiger partial charge in [-0.05, 0) is 36.8 Å². The Kier molecular flexibility index (Phi) is 4.19. The van der Waals surface area contributed by atoms with Crippen LogP contribution in [0.5, 0.6) is 11.5 Å². The van der Waals surface area contributed by atoms with Gasteiger partial charge in [-0.3, -0.25) is 4.79 Å². The van der Waals surface area contributed by atoms with Crippen LogP contribution >= 0.6 is 0 Å². The Hall–Kier alpha value is -3.87. The van der Waals surface area contributed by atoms with E-state index in [-0.39, 0.29) is 28.2 Å². The van der Waals surface area contributed by atoms with Crippen LogP contribution in [0, 0.1) is 6.92 Å². The van der Waals surface area contributed by atoms with Crippen LogP contribution < -0.4 is 10.4 Å². The Balaban J connectivity index is 2.03. The standard InChI is InChI=1S/C21H16N2O5/c1-12-9-18(26)28-21-14(12)7-8-16(25)19(21)20-13(11-24)10-23(22-20)15-5-3-4-6-17(15)27-2/h3-11,25H,1-2H3. The number of aldehydes is 1. The number of benzene rings is 2. The highest BCUT2D eigenvalue weighted by molar-refractivity contribution is 6.00. The molecule has 0 saturated heterocycles. The third-order valence-electron chi connectivity index (χ3n) is 4.54. The summed E-state index contributed by atoms with van der Waals surface area (Å²) in [6, 6.07) is 11.7. The van der Waals surface area contributed by atoms with E-state index in [9.17, 15) is 14.7 Å². The lowest BCUT2D eigenvalue weighted by molar-refractivity contribution is 0.112. The molecule has 0 saturated carbocycles.